The average Bonchev–Trinajstić information content (AvgIpc) is 2.79. The molecule has 0 saturated heterocycles. The SMILES string of the molecule is Cc1noc(C)c1S(=O)(=O)N1CCN(C)c2ccccc21. The van der Waals surface area contributed by atoms with Gasteiger partial charge in [-0.3, -0.25) is 4.31 Å². The lowest BCUT2D eigenvalue weighted by molar-refractivity contribution is 0.390. The van der Waals surface area contributed by atoms with E-state index in [0.29, 0.717) is 30.2 Å². The molecule has 2 heterocycles. The summed E-state index contributed by atoms with van der Waals surface area (Å²) in [6.07, 6.45) is 0. The van der Waals surface area contributed by atoms with Crippen molar-refractivity contribution in [3.63, 3.8) is 0 Å². The molecule has 0 amide bonds. The number of likely N-dealkylation sites (N-methyl/N-ethyl adjacent to an activating group) is 1. The van der Waals surface area contributed by atoms with Gasteiger partial charge in [0, 0.05) is 13.6 Å². The Morgan fingerprint density at radius 3 is 2.43 bits per heavy atom. The second-order valence-corrected chi connectivity index (χ2v) is 6.94. The first kappa shape index (κ1) is 13.9. The minimum atomic E-state index is -3.67. The van der Waals surface area contributed by atoms with Crippen molar-refractivity contribution in [1.29, 1.82) is 0 Å². The third-order valence-electron chi connectivity index (χ3n) is 3.72. The molecule has 1 aromatic heterocycles. The summed E-state index contributed by atoms with van der Waals surface area (Å²) in [5.74, 6) is 0.323. The van der Waals surface area contributed by atoms with Gasteiger partial charge in [0.25, 0.3) is 10.0 Å². The summed E-state index contributed by atoms with van der Waals surface area (Å²) in [7, 11) is -1.71. The number of aryl methyl sites for hydroxylation is 2. The molecule has 3 rings (SSSR count). The van der Waals surface area contributed by atoms with Gasteiger partial charge in [0.2, 0.25) is 0 Å². The Labute approximate surface area is 124 Å². The topological polar surface area (TPSA) is 66.7 Å². The van der Waals surface area contributed by atoms with Crippen molar-refractivity contribution in [2.24, 2.45) is 0 Å². The normalized spacial score (nSPS) is 15.2. The van der Waals surface area contributed by atoms with Crippen LogP contribution in [-0.4, -0.2) is 33.7 Å². The fourth-order valence-corrected chi connectivity index (χ4v) is 4.45. The largest absolute Gasteiger partial charge is 0.371 e. The highest BCUT2D eigenvalue weighted by molar-refractivity contribution is 7.93. The molecule has 112 valence electrons. The Morgan fingerprint density at radius 1 is 1.14 bits per heavy atom. The quantitative estimate of drug-likeness (QED) is 0.848. The van der Waals surface area contributed by atoms with Gasteiger partial charge in [0.1, 0.15) is 5.69 Å². The molecule has 0 spiro atoms. The highest BCUT2D eigenvalue weighted by Gasteiger charge is 2.34. The molecule has 2 aromatic rings. The molecule has 1 aliphatic heterocycles. The van der Waals surface area contributed by atoms with Crippen LogP contribution in [0.2, 0.25) is 0 Å². The van der Waals surface area contributed by atoms with Crippen LogP contribution in [0.4, 0.5) is 11.4 Å². The molecule has 0 fully saturated rings. The monoisotopic (exact) mass is 307 g/mol. The van der Waals surface area contributed by atoms with Gasteiger partial charge in [-0.05, 0) is 26.0 Å². The molecule has 0 aliphatic carbocycles. The van der Waals surface area contributed by atoms with Gasteiger partial charge in [-0.2, -0.15) is 0 Å². The number of fused-ring (bicyclic) bond motifs is 1. The number of sulfonamides is 1. The molecule has 21 heavy (non-hydrogen) atoms. The molecule has 6 nitrogen and oxygen atoms in total. The Bertz CT molecular complexity index is 763. The lowest BCUT2D eigenvalue weighted by Crippen LogP contribution is -2.42. The Balaban J connectivity index is 2.16. The van der Waals surface area contributed by atoms with Gasteiger partial charge in [-0.15, -0.1) is 0 Å². The summed E-state index contributed by atoms with van der Waals surface area (Å²) in [5.41, 5.74) is 1.98. The highest BCUT2D eigenvalue weighted by atomic mass is 32.2. The predicted molar refractivity (Wildman–Crippen MR) is 80.2 cm³/mol. The molecule has 0 bridgehead atoms. The molecular weight excluding hydrogens is 290 g/mol. The van der Waals surface area contributed by atoms with E-state index < -0.39 is 10.0 Å². The molecule has 0 saturated carbocycles. The second-order valence-electron chi connectivity index (χ2n) is 5.14. The molecular formula is C14H17N3O3S. The molecule has 1 aliphatic rings. The van der Waals surface area contributed by atoms with Gasteiger partial charge in [0.05, 0.1) is 17.9 Å². The predicted octanol–water partition coefficient (Wildman–Crippen LogP) is 1.94. The van der Waals surface area contributed by atoms with Crippen LogP contribution in [0.1, 0.15) is 11.5 Å². The first-order chi connectivity index (χ1) is 9.93. The van der Waals surface area contributed by atoms with Crippen LogP contribution in [0, 0.1) is 13.8 Å². The summed E-state index contributed by atoms with van der Waals surface area (Å²) < 4.78 is 32.4. The molecule has 1 aromatic carbocycles. The minimum absolute atomic E-state index is 0.168. The molecule has 0 N–H and O–H groups in total. The second kappa shape index (κ2) is 4.77. The molecule has 7 heteroatoms. The zero-order chi connectivity index (χ0) is 15.2. The number of hydrogen-bond donors (Lipinski definition) is 0. The van der Waals surface area contributed by atoms with Crippen molar-refractivity contribution < 1.29 is 12.9 Å². The highest BCUT2D eigenvalue weighted by Crippen LogP contribution is 2.36. The maximum Gasteiger partial charge on any atom is 0.269 e. The van der Waals surface area contributed by atoms with Gasteiger partial charge in [-0.25, -0.2) is 8.42 Å². The first-order valence-corrected chi connectivity index (χ1v) is 8.12. The van der Waals surface area contributed by atoms with E-state index in [1.807, 2.05) is 31.3 Å². The molecule has 0 atom stereocenters. The van der Waals surface area contributed by atoms with Crippen molar-refractivity contribution in [1.82, 2.24) is 5.16 Å². The van der Waals surface area contributed by atoms with E-state index in [1.165, 1.54) is 4.31 Å². The smallest absolute Gasteiger partial charge is 0.269 e. The van der Waals surface area contributed by atoms with Crippen molar-refractivity contribution >= 4 is 21.4 Å². The van der Waals surface area contributed by atoms with E-state index in [0.717, 1.165) is 5.69 Å². The third kappa shape index (κ3) is 2.08. The fraction of sp³-hybridized carbons (Fsp3) is 0.357. The lowest BCUT2D eigenvalue weighted by Gasteiger charge is -2.35. The van der Waals surface area contributed by atoms with E-state index in [1.54, 1.807) is 13.8 Å². The number of nitrogens with zero attached hydrogens (tertiary/aromatic N) is 3. The van der Waals surface area contributed by atoms with Crippen molar-refractivity contribution in [3.05, 3.63) is 35.7 Å². The lowest BCUT2D eigenvalue weighted by atomic mass is 10.2. The minimum Gasteiger partial charge on any atom is -0.371 e. The average molecular weight is 307 g/mol. The van der Waals surface area contributed by atoms with E-state index in [9.17, 15) is 8.42 Å². The summed E-state index contributed by atoms with van der Waals surface area (Å²) >= 11 is 0. The zero-order valence-electron chi connectivity index (χ0n) is 12.2. The van der Waals surface area contributed by atoms with Crippen molar-refractivity contribution in [2.45, 2.75) is 18.7 Å². The van der Waals surface area contributed by atoms with Crippen LogP contribution in [0.3, 0.4) is 0 Å². The van der Waals surface area contributed by atoms with Gasteiger partial charge >= 0.3 is 0 Å². The number of anilines is 2. The van der Waals surface area contributed by atoms with Crippen molar-refractivity contribution in [3.8, 4) is 0 Å². The molecule has 0 unspecified atom stereocenters. The summed E-state index contributed by atoms with van der Waals surface area (Å²) in [5, 5.41) is 3.76. The summed E-state index contributed by atoms with van der Waals surface area (Å²) in [4.78, 5) is 2.22. The van der Waals surface area contributed by atoms with Crippen LogP contribution in [0.5, 0.6) is 0 Å². The zero-order valence-corrected chi connectivity index (χ0v) is 13.0. The van der Waals surface area contributed by atoms with Crippen LogP contribution in [0.15, 0.2) is 33.7 Å². The number of benzene rings is 1. The van der Waals surface area contributed by atoms with Gasteiger partial charge < -0.3 is 9.42 Å². The van der Waals surface area contributed by atoms with Crippen LogP contribution in [-0.2, 0) is 10.0 Å². The van der Waals surface area contributed by atoms with E-state index in [-0.39, 0.29) is 4.90 Å². The van der Waals surface area contributed by atoms with E-state index >= 15 is 0 Å². The maximum absolute atomic E-state index is 13.0. The Morgan fingerprint density at radius 2 is 1.81 bits per heavy atom. The van der Waals surface area contributed by atoms with E-state index in [4.69, 9.17) is 4.52 Å². The molecule has 0 radical (unpaired) electrons. The number of hydrogen-bond acceptors (Lipinski definition) is 5. The number of aromatic nitrogens is 1. The fourth-order valence-electron chi connectivity index (χ4n) is 2.68. The third-order valence-corrected chi connectivity index (χ3v) is 5.77. The van der Waals surface area contributed by atoms with Crippen LogP contribution in [0.25, 0.3) is 0 Å². The maximum atomic E-state index is 13.0. The number of para-hydroxylation sites is 2. The summed E-state index contributed by atoms with van der Waals surface area (Å²) in [6, 6.07) is 7.49. The van der Waals surface area contributed by atoms with Crippen LogP contribution >= 0.6 is 0 Å². The Hall–Kier alpha value is -2.02. The standard InChI is InChI=1S/C14H17N3O3S/c1-10-14(11(2)20-15-10)21(18,19)17-9-8-16(3)12-6-4-5-7-13(12)17/h4-7H,8-9H2,1-3H3. The van der Waals surface area contributed by atoms with Gasteiger partial charge in [-0.1, -0.05) is 17.3 Å². The summed E-state index contributed by atoms with van der Waals surface area (Å²) in [6.45, 7) is 4.31. The van der Waals surface area contributed by atoms with Crippen LogP contribution < -0.4 is 9.21 Å². The Kier molecular flexibility index (Phi) is 3.16. The van der Waals surface area contributed by atoms with Gasteiger partial charge in [0.15, 0.2) is 10.7 Å². The number of rotatable bonds is 2. The van der Waals surface area contributed by atoms with E-state index in [2.05, 4.69) is 10.1 Å². The first-order valence-electron chi connectivity index (χ1n) is 6.68. The van der Waals surface area contributed by atoms with Crippen molar-refractivity contribution in [2.75, 3.05) is 29.3 Å².